The highest BCUT2D eigenvalue weighted by Crippen LogP contribution is 2.25. The number of carbonyl (C=O) groups excluding carboxylic acids is 1. The Kier molecular flexibility index (Phi) is 2.17. The van der Waals surface area contributed by atoms with Gasteiger partial charge in [-0.2, -0.15) is 0 Å². The van der Waals surface area contributed by atoms with E-state index in [0.717, 1.165) is 6.42 Å². The Morgan fingerprint density at radius 2 is 2.41 bits per heavy atom. The summed E-state index contributed by atoms with van der Waals surface area (Å²) in [5.74, 6) is 0.272. The van der Waals surface area contributed by atoms with Crippen LogP contribution in [0.2, 0.25) is 0 Å². The molecule has 0 bridgehead atoms. The van der Waals surface area contributed by atoms with E-state index in [9.17, 15) is 4.79 Å². The largest absolute Gasteiger partial charge is 0.368 e. The third kappa shape index (κ3) is 1.50. The Morgan fingerprint density at radius 3 is 3.24 bits per heavy atom. The highest BCUT2D eigenvalue weighted by molar-refractivity contribution is 5.87. The van der Waals surface area contributed by atoms with Crippen molar-refractivity contribution in [3.05, 3.63) is 25.1 Å². The van der Waals surface area contributed by atoms with Crippen molar-refractivity contribution < 1.29 is 4.79 Å². The first-order valence-corrected chi connectivity index (χ1v) is 5.31. The molecule has 1 aliphatic rings. The molecular formula is C10H11N6O. The van der Waals surface area contributed by atoms with Crippen LogP contribution in [0.4, 0.5) is 5.82 Å². The van der Waals surface area contributed by atoms with Crippen LogP contribution in [-0.4, -0.2) is 38.1 Å². The van der Waals surface area contributed by atoms with Gasteiger partial charge in [-0.15, -0.1) is 10.2 Å². The monoisotopic (exact) mass is 231 g/mol. The van der Waals surface area contributed by atoms with Crippen LogP contribution in [-0.2, 0) is 4.79 Å². The van der Waals surface area contributed by atoms with Crippen LogP contribution in [0.25, 0.3) is 5.65 Å². The van der Waals surface area contributed by atoms with Gasteiger partial charge in [-0.3, -0.25) is 9.20 Å². The molecule has 1 atom stereocenters. The molecule has 1 aliphatic heterocycles. The molecule has 87 valence electrons. The number of nitrogens with two attached hydrogens (primary N) is 1. The number of primary amides is 1. The molecule has 2 aromatic heterocycles. The first-order chi connectivity index (χ1) is 8.27. The number of amides is 1. The normalized spacial score (nSPS) is 20.0. The molecule has 1 radical (unpaired) electrons. The number of rotatable bonds is 2. The van der Waals surface area contributed by atoms with Crippen molar-refractivity contribution in [1.82, 2.24) is 19.6 Å². The molecule has 7 heteroatoms. The van der Waals surface area contributed by atoms with Gasteiger partial charge in [0.25, 0.3) is 0 Å². The molecule has 0 aliphatic carbocycles. The minimum absolute atomic E-state index is 0.370. The molecule has 2 N–H and O–H groups in total. The fourth-order valence-electron chi connectivity index (χ4n) is 2.09. The molecule has 1 fully saturated rings. The predicted octanol–water partition coefficient (Wildman–Crippen LogP) is -0.607. The zero-order chi connectivity index (χ0) is 11.8. The van der Waals surface area contributed by atoms with Gasteiger partial charge in [-0.25, -0.2) is 4.98 Å². The second-order valence-electron chi connectivity index (χ2n) is 3.88. The third-order valence-corrected chi connectivity index (χ3v) is 2.86. The van der Waals surface area contributed by atoms with Crippen molar-refractivity contribution in [2.75, 3.05) is 11.4 Å². The minimum atomic E-state index is -0.412. The fraction of sp³-hybridized carbons (Fsp3) is 0.300. The van der Waals surface area contributed by atoms with Crippen LogP contribution in [0.5, 0.6) is 0 Å². The first-order valence-electron chi connectivity index (χ1n) is 5.31. The summed E-state index contributed by atoms with van der Waals surface area (Å²) in [6.07, 6.45) is 7.72. The summed E-state index contributed by atoms with van der Waals surface area (Å²) in [5, 5.41) is 7.82. The number of aromatic nitrogens is 4. The molecule has 0 spiro atoms. The average molecular weight is 231 g/mol. The van der Waals surface area contributed by atoms with E-state index in [1.165, 1.54) is 0 Å². The topological polar surface area (TPSA) is 89.4 Å². The van der Waals surface area contributed by atoms with E-state index in [1.54, 1.807) is 23.1 Å². The zero-order valence-corrected chi connectivity index (χ0v) is 9.02. The van der Waals surface area contributed by atoms with E-state index in [2.05, 4.69) is 15.2 Å². The summed E-state index contributed by atoms with van der Waals surface area (Å²) in [4.78, 5) is 17.5. The number of fused-ring (bicyclic) bond motifs is 1. The number of hydrogen-bond donors (Lipinski definition) is 1. The molecule has 3 heterocycles. The van der Waals surface area contributed by atoms with Crippen LogP contribution in [0, 0.1) is 6.42 Å². The Balaban J connectivity index is 2.08. The van der Waals surface area contributed by atoms with Crippen LogP contribution in [0.15, 0.2) is 18.7 Å². The lowest BCUT2D eigenvalue weighted by Gasteiger charge is -2.22. The summed E-state index contributed by atoms with van der Waals surface area (Å²) in [6, 6.07) is -0.412. The molecule has 2 aromatic rings. The Labute approximate surface area is 97.3 Å². The molecule has 0 aromatic carbocycles. The van der Waals surface area contributed by atoms with Gasteiger partial charge in [0.2, 0.25) is 11.6 Å². The van der Waals surface area contributed by atoms with E-state index in [0.29, 0.717) is 18.0 Å². The number of hydrogen-bond acceptors (Lipinski definition) is 5. The minimum Gasteiger partial charge on any atom is -0.368 e. The average Bonchev–Trinajstić information content (AvgIpc) is 2.97. The molecule has 7 nitrogen and oxygen atoms in total. The SMILES string of the molecule is NC(=O)C1[CH]CCN1c1nccn2cnnc12. The lowest BCUT2D eigenvalue weighted by molar-refractivity contribution is -0.118. The van der Waals surface area contributed by atoms with Crippen LogP contribution in [0.1, 0.15) is 6.42 Å². The van der Waals surface area contributed by atoms with E-state index in [1.807, 2.05) is 11.3 Å². The molecule has 3 rings (SSSR count). The van der Waals surface area contributed by atoms with Gasteiger partial charge in [0.15, 0.2) is 5.82 Å². The maximum Gasteiger partial charge on any atom is 0.240 e. The second-order valence-corrected chi connectivity index (χ2v) is 3.88. The first kappa shape index (κ1) is 10.0. The zero-order valence-electron chi connectivity index (χ0n) is 9.02. The highest BCUT2D eigenvalue weighted by Gasteiger charge is 2.31. The van der Waals surface area contributed by atoms with Crippen molar-refractivity contribution in [2.24, 2.45) is 5.73 Å². The summed E-state index contributed by atoms with van der Waals surface area (Å²) in [6.45, 7) is 0.715. The molecule has 1 amide bonds. The smallest absolute Gasteiger partial charge is 0.240 e. The maximum atomic E-state index is 11.3. The maximum absolute atomic E-state index is 11.3. The van der Waals surface area contributed by atoms with Crippen molar-refractivity contribution in [2.45, 2.75) is 12.5 Å². The standard InChI is InChI=1S/C10H11N6O/c11-8(17)7-2-1-4-16(7)9-10-14-13-6-15(10)5-3-12-9/h2-3,5-7H,1,4H2,(H2,11,17). The molecule has 0 saturated carbocycles. The predicted molar refractivity (Wildman–Crippen MR) is 60.0 cm³/mol. The molecular weight excluding hydrogens is 220 g/mol. The van der Waals surface area contributed by atoms with Crippen molar-refractivity contribution in [3.63, 3.8) is 0 Å². The van der Waals surface area contributed by atoms with Crippen molar-refractivity contribution in [3.8, 4) is 0 Å². The van der Waals surface area contributed by atoms with Gasteiger partial charge in [-0.05, 0) is 12.8 Å². The van der Waals surface area contributed by atoms with Gasteiger partial charge < -0.3 is 10.6 Å². The van der Waals surface area contributed by atoms with Crippen LogP contribution < -0.4 is 10.6 Å². The third-order valence-electron chi connectivity index (χ3n) is 2.86. The fourth-order valence-corrected chi connectivity index (χ4v) is 2.09. The van der Waals surface area contributed by atoms with E-state index < -0.39 is 6.04 Å². The number of nitrogens with zero attached hydrogens (tertiary/aromatic N) is 5. The Morgan fingerprint density at radius 1 is 1.53 bits per heavy atom. The lowest BCUT2D eigenvalue weighted by atomic mass is 10.2. The van der Waals surface area contributed by atoms with Gasteiger partial charge in [0.1, 0.15) is 12.4 Å². The van der Waals surface area contributed by atoms with Gasteiger partial charge >= 0.3 is 0 Å². The Bertz CT molecular complexity index is 565. The van der Waals surface area contributed by atoms with E-state index in [4.69, 9.17) is 5.73 Å². The van der Waals surface area contributed by atoms with Gasteiger partial charge in [0, 0.05) is 18.9 Å². The van der Waals surface area contributed by atoms with Gasteiger partial charge in [0.05, 0.1) is 0 Å². The second kappa shape index (κ2) is 3.69. The molecule has 1 saturated heterocycles. The summed E-state index contributed by atoms with van der Waals surface area (Å²) in [7, 11) is 0. The van der Waals surface area contributed by atoms with Gasteiger partial charge in [-0.1, -0.05) is 0 Å². The van der Waals surface area contributed by atoms with Crippen molar-refractivity contribution in [1.29, 1.82) is 0 Å². The quantitative estimate of drug-likeness (QED) is 0.745. The van der Waals surface area contributed by atoms with Crippen molar-refractivity contribution >= 4 is 17.4 Å². The molecule has 1 unspecified atom stereocenters. The highest BCUT2D eigenvalue weighted by atomic mass is 16.1. The van der Waals surface area contributed by atoms with E-state index in [-0.39, 0.29) is 5.91 Å². The van der Waals surface area contributed by atoms with Crippen LogP contribution >= 0.6 is 0 Å². The summed E-state index contributed by atoms with van der Waals surface area (Å²) in [5.41, 5.74) is 6.00. The number of carbonyl (C=O) groups is 1. The van der Waals surface area contributed by atoms with E-state index >= 15 is 0 Å². The number of anilines is 1. The summed E-state index contributed by atoms with van der Waals surface area (Å²) < 4.78 is 1.76. The van der Waals surface area contributed by atoms with Crippen LogP contribution in [0.3, 0.4) is 0 Å². The Hall–Kier alpha value is -2.18. The summed E-state index contributed by atoms with van der Waals surface area (Å²) >= 11 is 0. The molecule has 17 heavy (non-hydrogen) atoms. The lowest BCUT2D eigenvalue weighted by Crippen LogP contribution is -2.41.